The van der Waals surface area contributed by atoms with Crippen molar-refractivity contribution in [2.24, 2.45) is 0 Å². The third-order valence-electron chi connectivity index (χ3n) is 5.65. The van der Waals surface area contributed by atoms with E-state index >= 15 is 0 Å². The zero-order valence-corrected chi connectivity index (χ0v) is 18.1. The number of carbonyl (C=O) groups is 2. The van der Waals surface area contributed by atoms with E-state index in [0.717, 1.165) is 30.7 Å². The second-order valence-corrected chi connectivity index (χ2v) is 7.82. The molecule has 6 heteroatoms. The predicted octanol–water partition coefficient (Wildman–Crippen LogP) is 4.55. The van der Waals surface area contributed by atoms with Gasteiger partial charge in [-0.15, -0.1) is 0 Å². The second kappa shape index (κ2) is 10.0. The zero-order valence-electron chi connectivity index (χ0n) is 18.1. The Morgan fingerprint density at radius 2 is 1.66 bits per heavy atom. The van der Waals surface area contributed by atoms with Crippen LogP contribution in [0.4, 0.5) is 11.4 Å². The fourth-order valence-electron chi connectivity index (χ4n) is 3.95. The number of rotatable bonds is 7. The molecule has 2 amide bonds. The van der Waals surface area contributed by atoms with E-state index in [0.29, 0.717) is 11.3 Å². The van der Waals surface area contributed by atoms with Gasteiger partial charge in [-0.05, 0) is 78.9 Å². The zero-order chi connectivity index (χ0) is 22.3. The van der Waals surface area contributed by atoms with E-state index in [1.54, 1.807) is 55.6 Å². The smallest absolute Gasteiger partial charge is 0.255 e. The number of anilines is 2. The summed E-state index contributed by atoms with van der Waals surface area (Å²) in [5.41, 5.74) is 4.55. The maximum atomic E-state index is 12.5. The average Bonchev–Trinajstić information content (AvgIpc) is 2.84. The van der Waals surface area contributed by atoms with Gasteiger partial charge in [-0.25, -0.2) is 0 Å². The molecule has 3 aromatic carbocycles. The number of nitrogens with one attached hydrogen (secondary N) is 3. The first-order chi connectivity index (χ1) is 15.6. The highest BCUT2D eigenvalue weighted by molar-refractivity contribution is 6.04. The van der Waals surface area contributed by atoms with Crippen LogP contribution in [0.2, 0.25) is 0 Å². The SMILES string of the molecule is COc1ccc(NC(=O)c2ccc(NCC(=O)NC3CCCc4ccccc43)cc2)cc1. The molecule has 0 aromatic heterocycles. The lowest BCUT2D eigenvalue weighted by molar-refractivity contribution is -0.120. The number of amides is 2. The van der Waals surface area contributed by atoms with Gasteiger partial charge in [0, 0.05) is 16.9 Å². The summed E-state index contributed by atoms with van der Waals surface area (Å²) in [4.78, 5) is 24.9. The molecule has 32 heavy (non-hydrogen) atoms. The summed E-state index contributed by atoms with van der Waals surface area (Å²) < 4.78 is 5.12. The van der Waals surface area contributed by atoms with Crippen LogP contribution < -0.4 is 20.7 Å². The number of hydrogen-bond acceptors (Lipinski definition) is 4. The highest BCUT2D eigenvalue weighted by Gasteiger charge is 2.21. The van der Waals surface area contributed by atoms with E-state index in [1.165, 1.54) is 11.1 Å². The van der Waals surface area contributed by atoms with Gasteiger partial charge in [0.05, 0.1) is 19.7 Å². The number of aryl methyl sites for hydroxylation is 1. The molecule has 3 aromatic rings. The topological polar surface area (TPSA) is 79.5 Å². The van der Waals surface area contributed by atoms with E-state index in [1.807, 2.05) is 12.1 Å². The minimum Gasteiger partial charge on any atom is -0.497 e. The molecule has 0 saturated heterocycles. The molecule has 0 spiro atoms. The monoisotopic (exact) mass is 429 g/mol. The molecule has 0 bridgehead atoms. The fourth-order valence-corrected chi connectivity index (χ4v) is 3.95. The number of ether oxygens (including phenoxy) is 1. The molecule has 0 heterocycles. The molecule has 0 fully saturated rings. The molecule has 3 N–H and O–H groups in total. The molecule has 1 aliphatic rings. The Bertz CT molecular complexity index is 1080. The predicted molar refractivity (Wildman–Crippen MR) is 126 cm³/mol. The summed E-state index contributed by atoms with van der Waals surface area (Å²) in [5, 5.41) is 9.12. The van der Waals surface area contributed by atoms with Gasteiger partial charge >= 0.3 is 0 Å². The Labute approximate surface area is 188 Å². The first kappa shape index (κ1) is 21.4. The lowest BCUT2D eigenvalue weighted by Crippen LogP contribution is -2.35. The van der Waals surface area contributed by atoms with Crippen molar-refractivity contribution in [3.05, 3.63) is 89.5 Å². The molecule has 1 atom stereocenters. The number of benzene rings is 3. The second-order valence-electron chi connectivity index (χ2n) is 7.82. The highest BCUT2D eigenvalue weighted by atomic mass is 16.5. The summed E-state index contributed by atoms with van der Waals surface area (Å²) >= 11 is 0. The molecule has 6 nitrogen and oxygen atoms in total. The molecular formula is C26H27N3O3. The number of carbonyl (C=O) groups excluding carboxylic acids is 2. The van der Waals surface area contributed by atoms with Gasteiger partial charge in [-0.1, -0.05) is 24.3 Å². The van der Waals surface area contributed by atoms with Crippen LogP contribution in [-0.4, -0.2) is 25.5 Å². The van der Waals surface area contributed by atoms with E-state index < -0.39 is 0 Å². The Morgan fingerprint density at radius 3 is 2.41 bits per heavy atom. The third kappa shape index (κ3) is 5.27. The van der Waals surface area contributed by atoms with Gasteiger partial charge in [-0.2, -0.15) is 0 Å². The van der Waals surface area contributed by atoms with Crippen LogP contribution in [-0.2, 0) is 11.2 Å². The first-order valence-corrected chi connectivity index (χ1v) is 10.8. The molecule has 0 saturated carbocycles. The van der Waals surface area contributed by atoms with Gasteiger partial charge in [0.25, 0.3) is 5.91 Å². The number of hydrogen-bond donors (Lipinski definition) is 3. The van der Waals surface area contributed by atoms with Crippen LogP contribution in [0.1, 0.15) is 40.4 Å². The normalized spacial score (nSPS) is 14.7. The lowest BCUT2D eigenvalue weighted by atomic mass is 9.88. The quantitative estimate of drug-likeness (QED) is 0.515. The van der Waals surface area contributed by atoms with Crippen molar-refractivity contribution in [3.63, 3.8) is 0 Å². The van der Waals surface area contributed by atoms with Crippen LogP contribution in [0.5, 0.6) is 5.75 Å². The molecule has 164 valence electrons. The van der Waals surface area contributed by atoms with Gasteiger partial charge < -0.3 is 20.7 Å². The van der Waals surface area contributed by atoms with Crippen LogP contribution in [0.3, 0.4) is 0 Å². The van der Waals surface area contributed by atoms with E-state index in [2.05, 4.69) is 28.1 Å². The maximum Gasteiger partial charge on any atom is 0.255 e. The minimum atomic E-state index is -0.199. The van der Waals surface area contributed by atoms with Crippen molar-refractivity contribution >= 4 is 23.2 Å². The summed E-state index contributed by atoms with van der Waals surface area (Å²) in [6.07, 6.45) is 3.11. The standard InChI is InChI=1S/C26H27N3O3/c1-32-22-15-13-21(14-16-22)28-26(31)19-9-11-20(12-10-19)27-17-25(30)29-24-8-4-6-18-5-2-3-7-23(18)24/h2-3,5,7,9-16,24,27H,4,6,8,17H2,1H3,(H,28,31)(H,29,30). The number of fused-ring (bicyclic) bond motifs is 1. The van der Waals surface area contributed by atoms with Crippen molar-refractivity contribution in [2.75, 3.05) is 24.3 Å². The summed E-state index contributed by atoms with van der Waals surface area (Å²) in [5.74, 6) is 0.485. The Balaban J connectivity index is 1.28. The van der Waals surface area contributed by atoms with Crippen molar-refractivity contribution < 1.29 is 14.3 Å². The van der Waals surface area contributed by atoms with Crippen LogP contribution in [0, 0.1) is 0 Å². The Kier molecular flexibility index (Phi) is 6.70. The first-order valence-electron chi connectivity index (χ1n) is 10.8. The molecule has 4 rings (SSSR count). The molecule has 0 radical (unpaired) electrons. The molecular weight excluding hydrogens is 402 g/mol. The summed E-state index contributed by atoms with van der Waals surface area (Å²) in [7, 11) is 1.60. The Morgan fingerprint density at radius 1 is 0.938 bits per heavy atom. The molecule has 1 unspecified atom stereocenters. The van der Waals surface area contributed by atoms with Gasteiger partial charge in [0.15, 0.2) is 0 Å². The highest BCUT2D eigenvalue weighted by Crippen LogP contribution is 2.29. The largest absolute Gasteiger partial charge is 0.497 e. The van der Waals surface area contributed by atoms with Crippen LogP contribution in [0.15, 0.2) is 72.8 Å². The third-order valence-corrected chi connectivity index (χ3v) is 5.65. The van der Waals surface area contributed by atoms with Crippen molar-refractivity contribution in [2.45, 2.75) is 25.3 Å². The number of methoxy groups -OCH3 is 1. The van der Waals surface area contributed by atoms with E-state index in [4.69, 9.17) is 4.74 Å². The van der Waals surface area contributed by atoms with Crippen LogP contribution in [0.25, 0.3) is 0 Å². The average molecular weight is 430 g/mol. The van der Waals surface area contributed by atoms with Gasteiger partial charge in [-0.3, -0.25) is 9.59 Å². The fraction of sp³-hybridized carbons (Fsp3) is 0.231. The van der Waals surface area contributed by atoms with E-state index in [-0.39, 0.29) is 24.4 Å². The van der Waals surface area contributed by atoms with Crippen molar-refractivity contribution in [3.8, 4) is 5.75 Å². The summed E-state index contributed by atoms with van der Waals surface area (Å²) in [6.45, 7) is 0.177. The van der Waals surface area contributed by atoms with Crippen LogP contribution >= 0.6 is 0 Å². The minimum absolute atomic E-state index is 0.0481. The van der Waals surface area contributed by atoms with Crippen molar-refractivity contribution in [1.82, 2.24) is 5.32 Å². The van der Waals surface area contributed by atoms with Gasteiger partial charge in [0.1, 0.15) is 5.75 Å². The van der Waals surface area contributed by atoms with Gasteiger partial charge in [0.2, 0.25) is 5.91 Å². The Hall–Kier alpha value is -3.80. The van der Waals surface area contributed by atoms with E-state index in [9.17, 15) is 9.59 Å². The molecule has 1 aliphatic carbocycles. The van der Waals surface area contributed by atoms with Crippen molar-refractivity contribution in [1.29, 1.82) is 0 Å². The maximum absolute atomic E-state index is 12.5. The molecule has 0 aliphatic heterocycles. The summed E-state index contributed by atoms with van der Waals surface area (Å²) in [6, 6.07) is 22.6. The lowest BCUT2D eigenvalue weighted by Gasteiger charge is -2.26.